The van der Waals surface area contributed by atoms with Gasteiger partial charge in [-0.2, -0.15) is 0 Å². The summed E-state index contributed by atoms with van der Waals surface area (Å²) in [4.78, 5) is 24.9. The molecule has 2 rings (SSSR count). The lowest BCUT2D eigenvalue weighted by molar-refractivity contribution is -0.909. The lowest BCUT2D eigenvalue weighted by Gasteiger charge is -2.23. The molecule has 0 aromatic heterocycles. The standard InChI is InChI=1S/C18H27N3O4/c1-14-5-2-3-6-15(14)20-17(22)13-16(18(23)24)19-7-4-8-21-9-11-25-12-10-21/h2-3,5-6,16,19H,4,7-13H2,1H3,(H,20,22)(H,23,24)/p+1/t16-/m1/s1. The SMILES string of the molecule is Cc1ccccc1NC(=O)C[C@@H]([NH2+]CCC[NH+]1CCOCC1)C(=O)[O-]. The third-order valence-electron chi connectivity index (χ3n) is 4.51. The number of carbonyl (C=O) groups is 2. The fraction of sp³-hybridized carbons (Fsp3) is 0.556. The molecule has 0 bridgehead atoms. The molecule has 1 amide bonds. The molecular weight excluding hydrogens is 322 g/mol. The average molecular weight is 350 g/mol. The van der Waals surface area contributed by atoms with Crippen LogP contribution in [0.4, 0.5) is 5.69 Å². The predicted molar refractivity (Wildman–Crippen MR) is 91.0 cm³/mol. The van der Waals surface area contributed by atoms with Crippen LogP contribution in [0.25, 0.3) is 0 Å². The second-order valence-corrected chi connectivity index (χ2v) is 6.48. The highest BCUT2D eigenvalue weighted by Crippen LogP contribution is 2.13. The summed E-state index contributed by atoms with van der Waals surface area (Å²) >= 11 is 0. The number of carbonyl (C=O) groups excluding carboxylic acids is 2. The van der Waals surface area contributed by atoms with Crippen LogP contribution in [0, 0.1) is 6.92 Å². The van der Waals surface area contributed by atoms with Gasteiger partial charge in [0.2, 0.25) is 5.91 Å². The van der Waals surface area contributed by atoms with Crippen LogP contribution in [0.1, 0.15) is 18.4 Å². The number of hydrogen-bond donors (Lipinski definition) is 3. The Kier molecular flexibility index (Phi) is 7.84. The fourth-order valence-electron chi connectivity index (χ4n) is 2.96. The van der Waals surface area contributed by atoms with E-state index in [1.807, 2.05) is 25.1 Å². The summed E-state index contributed by atoms with van der Waals surface area (Å²) in [6, 6.07) is 6.56. The first-order valence-corrected chi connectivity index (χ1v) is 8.87. The maximum Gasteiger partial charge on any atom is 0.230 e. The largest absolute Gasteiger partial charge is 0.544 e. The highest BCUT2D eigenvalue weighted by atomic mass is 16.5. The number of anilines is 1. The van der Waals surface area contributed by atoms with Gasteiger partial charge < -0.3 is 30.2 Å². The Balaban J connectivity index is 1.73. The predicted octanol–water partition coefficient (Wildman–Crippen LogP) is -2.69. The van der Waals surface area contributed by atoms with E-state index >= 15 is 0 Å². The van der Waals surface area contributed by atoms with Crippen molar-refractivity contribution < 1.29 is 29.6 Å². The van der Waals surface area contributed by atoms with Crippen molar-refractivity contribution in [3.8, 4) is 0 Å². The zero-order valence-corrected chi connectivity index (χ0v) is 14.8. The van der Waals surface area contributed by atoms with Crippen LogP contribution in [0.5, 0.6) is 0 Å². The van der Waals surface area contributed by atoms with Crippen molar-refractivity contribution in [1.29, 1.82) is 0 Å². The number of carboxylic acids is 1. The van der Waals surface area contributed by atoms with Crippen molar-refractivity contribution >= 4 is 17.6 Å². The number of morpholine rings is 1. The van der Waals surface area contributed by atoms with Crippen molar-refractivity contribution in [2.75, 3.05) is 44.7 Å². The molecule has 138 valence electrons. The van der Waals surface area contributed by atoms with Crippen molar-refractivity contribution in [2.24, 2.45) is 0 Å². The molecule has 25 heavy (non-hydrogen) atoms. The summed E-state index contributed by atoms with van der Waals surface area (Å²) < 4.78 is 5.32. The molecule has 0 saturated carbocycles. The number of nitrogens with two attached hydrogens (primary N) is 1. The van der Waals surface area contributed by atoms with Crippen LogP contribution in [-0.4, -0.2) is 57.3 Å². The Hall–Kier alpha value is -1.96. The van der Waals surface area contributed by atoms with Crippen LogP contribution < -0.4 is 20.6 Å². The van der Waals surface area contributed by atoms with Gasteiger partial charge in [0.15, 0.2) is 0 Å². The van der Waals surface area contributed by atoms with Gasteiger partial charge in [-0.1, -0.05) is 18.2 Å². The summed E-state index contributed by atoms with van der Waals surface area (Å²) in [5.41, 5.74) is 1.65. The molecule has 0 unspecified atom stereocenters. The van der Waals surface area contributed by atoms with Gasteiger partial charge in [0.05, 0.1) is 38.7 Å². The van der Waals surface area contributed by atoms with Gasteiger partial charge in [0, 0.05) is 12.1 Å². The van der Waals surface area contributed by atoms with E-state index in [1.165, 1.54) is 4.90 Å². The Labute approximate surface area is 148 Å². The third-order valence-corrected chi connectivity index (χ3v) is 4.51. The average Bonchev–Trinajstić information content (AvgIpc) is 2.60. The van der Waals surface area contributed by atoms with Crippen LogP contribution in [0.3, 0.4) is 0 Å². The summed E-state index contributed by atoms with van der Waals surface area (Å²) in [6.07, 6.45) is 0.805. The molecule has 7 nitrogen and oxygen atoms in total. The lowest BCUT2D eigenvalue weighted by atomic mass is 10.1. The number of quaternary nitrogens is 2. The zero-order valence-electron chi connectivity index (χ0n) is 14.8. The highest BCUT2D eigenvalue weighted by molar-refractivity contribution is 5.93. The topological polar surface area (TPSA) is 99.5 Å². The first-order valence-electron chi connectivity index (χ1n) is 8.87. The van der Waals surface area contributed by atoms with Gasteiger partial charge in [-0.05, 0) is 18.6 Å². The fourth-order valence-corrected chi connectivity index (χ4v) is 2.96. The number of amides is 1. The van der Waals surface area contributed by atoms with Gasteiger partial charge in [0.25, 0.3) is 0 Å². The highest BCUT2D eigenvalue weighted by Gasteiger charge is 2.19. The molecule has 0 aliphatic carbocycles. The molecule has 1 heterocycles. The van der Waals surface area contributed by atoms with Crippen molar-refractivity contribution in [3.05, 3.63) is 29.8 Å². The number of hydrogen-bond acceptors (Lipinski definition) is 4. The number of benzene rings is 1. The summed E-state index contributed by atoms with van der Waals surface area (Å²) in [7, 11) is 0. The van der Waals surface area contributed by atoms with Crippen LogP contribution in [0.15, 0.2) is 24.3 Å². The second-order valence-electron chi connectivity index (χ2n) is 6.48. The van der Waals surface area contributed by atoms with Crippen LogP contribution >= 0.6 is 0 Å². The number of ether oxygens (including phenoxy) is 1. The van der Waals surface area contributed by atoms with E-state index in [9.17, 15) is 14.7 Å². The van der Waals surface area contributed by atoms with E-state index < -0.39 is 12.0 Å². The molecule has 1 aromatic carbocycles. The zero-order chi connectivity index (χ0) is 18.1. The first-order chi connectivity index (χ1) is 12.1. The van der Waals surface area contributed by atoms with Crippen molar-refractivity contribution in [2.45, 2.75) is 25.8 Å². The number of carboxylic acid groups (broad SMARTS) is 1. The van der Waals surface area contributed by atoms with E-state index in [1.54, 1.807) is 11.4 Å². The van der Waals surface area contributed by atoms with Crippen LogP contribution in [-0.2, 0) is 14.3 Å². The molecule has 1 atom stereocenters. The lowest BCUT2D eigenvalue weighted by Crippen LogP contribution is -3.14. The number of nitrogens with one attached hydrogen (secondary N) is 2. The number of aliphatic carboxylic acids is 1. The molecular formula is C18H28N3O4+. The molecule has 1 aromatic rings. The van der Waals surface area contributed by atoms with Gasteiger partial charge >= 0.3 is 0 Å². The third kappa shape index (κ3) is 6.81. The van der Waals surface area contributed by atoms with E-state index in [2.05, 4.69) is 5.32 Å². The number of rotatable bonds is 9. The number of aryl methyl sites for hydroxylation is 1. The molecule has 7 heteroatoms. The maximum absolute atomic E-state index is 12.1. The quantitative estimate of drug-likeness (QED) is 0.422. The maximum atomic E-state index is 12.1. The molecule has 1 aliphatic rings. The Morgan fingerprint density at radius 2 is 2.04 bits per heavy atom. The molecule has 4 N–H and O–H groups in total. The van der Waals surface area contributed by atoms with E-state index in [0.717, 1.165) is 44.8 Å². The summed E-state index contributed by atoms with van der Waals surface area (Å²) in [6.45, 7) is 7.15. The smallest absolute Gasteiger partial charge is 0.230 e. The van der Waals surface area contributed by atoms with E-state index in [0.29, 0.717) is 12.2 Å². The van der Waals surface area contributed by atoms with Gasteiger partial charge in [-0.3, -0.25) is 4.79 Å². The van der Waals surface area contributed by atoms with Crippen molar-refractivity contribution in [1.82, 2.24) is 0 Å². The Morgan fingerprint density at radius 3 is 2.72 bits per heavy atom. The Morgan fingerprint density at radius 1 is 1.32 bits per heavy atom. The van der Waals surface area contributed by atoms with Gasteiger partial charge in [0.1, 0.15) is 19.1 Å². The normalized spacial score (nSPS) is 16.4. The second kappa shape index (κ2) is 10.1. The molecule has 0 radical (unpaired) electrons. The Bertz CT molecular complexity index is 573. The van der Waals surface area contributed by atoms with Crippen molar-refractivity contribution in [3.63, 3.8) is 0 Å². The van der Waals surface area contributed by atoms with Gasteiger partial charge in [-0.15, -0.1) is 0 Å². The minimum atomic E-state index is -1.20. The van der Waals surface area contributed by atoms with E-state index in [4.69, 9.17) is 4.74 Å². The molecule has 0 spiro atoms. The minimum absolute atomic E-state index is 0.0962. The minimum Gasteiger partial charge on any atom is -0.544 e. The van der Waals surface area contributed by atoms with Gasteiger partial charge in [-0.25, -0.2) is 0 Å². The molecule has 1 fully saturated rings. The summed E-state index contributed by atoms with van der Waals surface area (Å²) in [5.74, 6) is -1.50. The number of para-hydroxylation sites is 1. The molecule has 1 saturated heterocycles. The first kappa shape index (κ1) is 19.4. The van der Waals surface area contributed by atoms with E-state index in [-0.39, 0.29) is 12.3 Å². The monoisotopic (exact) mass is 350 g/mol. The van der Waals surface area contributed by atoms with Crippen LogP contribution in [0.2, 0.25) is 0 Å². The summed E-state index contributed by atoms with van der Waals surface area (Å²) in [5, 5.41) is 15.8. The molecule has 1 aliphatic heterocycles.